The van der Waals surface area contributed by atoms with Crippen LogP contribution in [-0.4, -0.2) is 47.2 Å². The van der Waals surface area contributed by atoms with Gasteiger partial charge in [0.05, 0.1) is 5.52 Å². The van der Waals surface area contributed by atoms with Crippen LogP contribution in [0.3, 0.4) is 0 Å². The van der Waals surface area contributed by atoms with Crippen molar-refractivity contribution in [2.75, 3.05) is 26.2 Å². The van der Waals surface area contributed by atoms with Gasteiger partial charge in [0.25, 0.3) is 5.91 Å². The maximum atomic E-state index is 13.2. The highest BCUT2D eigenvalue weighted by molar-refractivity contribution is 6.04. The lowest BCUT2D eigenvalue weighted by Gasteiger charge is -2.26. The topological polar surface area (TPSA) is 61.0 Å². The molecule has 2 aromatic rings. The fraction of sp³-hybridized carbons (Fsp3) is 0.333. The molecule has 94 valence electrons. The molecule has 0 unspecified atom stereocenters. The van der Waals surface area contributed by atoms with Crippen molar-refractivity contribution in [1.29, 1.82) is 0 Å². The van der Waals surface area contributed by atoms with Crippen molar-refractivity contribution in [3.05, 3.63) is 29.7 Å². The van der Waals surface area contributed by atoms with E-state index >= 15 is 0 Å². The van der Waals surface area contributed by atoms with Crippen LogP contribution in [0.15, 0.2) is 18.2 Å². The van der Waals surface area contributed by atoms with Gasteiger partial charge in [0.2, 0.25) is 0 Å². The van der Waals surface area contributed by atoms with Gasteiger partial charge in [0.1, 0.15) is 5.82 Å². The molecule has 6 heteroatoms. The lowest BCUT2D eigenvalue weighted by molar-refractivity contribution is 0.0732. The fourth-order valence-electron chi connectivity index (χ4n) is 2.17. The Morgan fingerprint density at radius 1 is 1.33 bits per heavy atom. The Morgan fingerprint density at radius 2 is 2.11 bits per heavy atom. The van der Waals surface area contributed by atoms with E-state index in [0.717, 1.165) is 13.1 Å². The monoisotopic (exact) mass is 248 g/mol. The first-order valence-corrected chi connectivity index (χ1v) is 5.89. The number of halogens is 1. The quantitative estimate of drug-likeness (QED) is 0.782. The summed E-state index contributed by atoms with van der Waals surface area (Å²) >= 11 is 0. The molecule has 0 spiro atoms. The molecule has 0 radical (unpaired) electrons. The number of aromatic amines is 1. The van der Waals surface area contributed by atoms with Crippen LogP contribution in [0.4, 0.5) is 4.39 Å². The molecule has 0 atom stereocenters. The Hall–Kier alpha value is -1.95. The number of hydrogen-bond acceptors (Lipinski definition) is 3. The number of carbonyl (C=O) groups excluding carboxylic acids is 1. The van der Waals surface area contributed by atoms with E-state index in [0.29, 0.717) is 29.7 Å². The molecule has 1 aliphatic heterocycles. The van der Waals surface area contributed by atoms with E-state index in [4.69, 9.17) is 0 Å². The highest BCUT2D eigenvalue weighted by atomic mass is 19.1. The van der Waals surface area contributed by atoms with Gasteiger partial charge in [-0.1, -0.05) is 0 Å². The molecule has 18 heavy (non-hydrogen) atoms. The molecular formula is C12H13FN4O. The van der Waals surface area contributed by atoms with Crippen LogP contribution in [0, 0.1) is 5.82 Å². The molecule has 0 saturated carbocycles. The van der Waals surface area contributed by atoms with E-state index in [2.05, 4.69) is 15.5 Å². The Bertz CT molecular complexity index is 589. The van der Waals surface area contributed by atoms with E-state index in [1.165, 1.54) is 12.1 Å². The Morgan fingerprint density at radius 3 is 2.89 bits per heavy atom. The summed E-state index contributed by atoms with van der Waals surface area (Å²) in [6.45, 7) is 2.87. The average molecular weight is 248 g/mol. The third-order valence-electron chi connectivity index (χ3n) is 3.13. The van der Waals surface area contributed by atoms with Gasteiger partial charge in [-0.05, 0) is 18.2 Å². The molecule has 3 rings (SSSR count). The second-order valence-electron chi connectivity index (χ2n) is 4.30. The van der Waals surface area contributed by atoms with Gasteiger partial charge in [-0.15, -0.1) is 0 Å². The van der Waals surface area contributed by atoms with Gasteiger partial charge in [-0.25, -0.2) is 4.39 Å². The number of amides is 1. The van der Waals surface area contributed by atoms with Crippen LogP contribution in [0.5, 0.6) is 0 Å². The number of nitrogens with one attached hydrogen (secondary N) is 2. The minimum atomic E-state index is -0.363. The molecule has 5 nitrogen and oxygen atoms in total. The van der Waals surface area contributed by atoms with Crippen molar-refractivity contribution < 1.29 is 9.18 Å². The van der Waals surface area contributed by atoms with E-state index in [1.54, 1.807) is 11.0 Å². The maximum Gasteiger partial charge on any atom is 0.275 e. The Labute approximate surface area is 103 Å². The molecular weight excluding hydrogens is 235 g/mol. The zero-order valence-electron chi connectivity index (χ0n) is 9.74. The number of hydrogen-bond donors (Lipinski definition) is 2. The summed E-state index contributed by atoms with van der Waals surface area (Å²) in [7, 11) is 0. The first-order chi connectivity index (χ1) is 8.75. The zero-order chi connectivity index (χ0) is 12.5. The van der Waals surface area contributed by atoms with Gasteiger partial charge >= 0.3 is 0 Å². The van der Waals surface area contributed by atoms with Crippen molar-refractivity contribution in [1.82, 2.24) is 20.4 Å². The Balaban J connectivity index is 1.98. The first-order valence-electron chi connectivity index (χ1n) is 5.89. The van der Waals surface area contributed by atoms with Crippen molar-refractivity contribution in [3.63, 3.8) is 0 Å². The zero-order valence-corrected chi connectivity index (χ0v) is 9.74. The van der Waals surface area contributed by atoms with Gasteiger partial charge in [-0.3, -0.25) is 9.89 Å². The number of nitrogens with zero attached hydrogens (tertiary/aromatic N) is 2. The number of H-pyrrole nitrogens is 1. The summed E-state index contributed by atoms with van der Waals surface area (Å²) < 4.78 is 13.2. The van der Waals surface area contributed by atoms with Gasteiger partial charge in [0.15, 0.2) is 5.69 Å². The predicted octanol–water partition coefficient (Wildman–Crippen LogP) is 0.747. The van der Waals surface area contributed by atoms with Crippen LogP contribution in [0.1, 0.15) is 10.5 Å². The number of piperazine rings is 1. The summed E-state index contributed by atoms with van der Waals surface area (Å²) in [5, 5.41) is 10.5. The molecule has 1 amide bonds. The predicted molar refractivity (Wildman–Crippen MR) is 64.8 cm³/mol. The molecule has 1 aromatic carbocycles. The molecule has 1 aromatic heterocycles. The molecule has 1 aliphatic rings. The third kappa shape index (κ3) is 1.84. The summed E-state index contributed by atoms with van der Waals surface area (Å²) in [5.41, 5.74) is 0.973. The van der Waals surface area contributed by atoms with Gasteiger partial charge < -0.3 is 10.2 Å². The SMILES string of the molecule is O=C(c1n[nH]c2ccc(F)cc12)N1CCNCC1. The van der Waals surface area contributed by atoms with Crippen molar-refractivity contribution in [2.45, 2.75) is 0 Å². The van der Waals surface area contributed by atoms with Crippen LogP contribution in [0.2, 0.25) is 0 Å². The minimum absolute atomic E-state index is 0.145. The molecule has 2 N–H and O–H groups in total. The molecule has 0 aliphatic carbocycles. The lowest BCUT2D eigenvalue weighted by Crippen LogP contribution is -2.46. The summed E-state index contributed by atoms with van der Waals surface area (Å²) in [4.78, 5) is 14.0. The molecule has 1 fully saturated rings. The highest BCUT2D eigenvalue weighted by Gasteiger charge is 2.22. The second kappa shape index (κ2) is 4.38. The van der Waals surface area contributed by atoms with Gasteiger partial charge in [0, 0.05) is 31.6 Å². The van der Waals surface area contributed by atoms with Crippen molar-refractivity contribution in [3.8, 4) is 0 Å². The Kier molecular flexibility index (Phi) is 2.71. The van der Waals surface area contributed by atoms with Crippen LogP contribution >= 0.6 is 0 Å². The van der Waals surface area contributed by atoms with Crippen LogP contribution in [0.25, 0.3) is 10.9 Å². The van der Waals surface area contributed by atoms with Crippen molar-refractivity contribution >= 4 is 16.8 Å². The van der Waals surface area contributed by atoms with Crippen LogP contribution < -0.4 is 5.32 Å². The summed E-state index contributed by atoms with van der Waals surface area (Å²) in [5.74, 6) is -0.508. The first kappa shape index (κ1) is 11.2. The largest absolute Gasteiger partial charge is 0.335 e. The average Bonchev–Trinajstić information content (AvgIpc) is 2.82. The minimum Gasteiger partial charge on any atom is -0.335 e. The smallest absolute Gasteiger partial charge is 0.275 e. The molecule has 0 bridgehead atoms. The number of carbonyl (C=O) groups is 1. The number of fused-ring (bicyclic) bond motifs is 1. The van der Waals surface area contributed by atoms with E-state index in [1.807, 2.05) is 0 Å². The van der Waals surface area contributed by atoms with Crippen molar-refractivity contribution in [2.24, 2.45) is 0 Å². The highest BCUT2D eigenvalue weighted by Crippen LogP contribution is 2.18. The van der Waals surface area contributed by atoms with E-state index in [-0.39, 0.29) is 11.7 Å². The molecule has 2 heterocycles. The third-order valence-corrected chi connectivity index (χ3v) is 3.13. The van der Waals surface area contributed by atoms with E-state index < -0.39 is 0 Å². The van der Waals surface area contributed by atoms with Crippen LogP contribution in [-0.2, 0) is 0 Å². The number of rotatable bonds is 1. The maximum absolute atomic E-state index is 13.2. The standard InChI is InChI=1S/C12H13FN4O/c13-8-1-2-10-9(7-8)11(16-15-10)12(18)17-5-3-14-4-6-17/h1-2,7,14H,3-6H2,(H,15,16). The molecule has 1 saturated heterocycles. The normalized spacial score (nSPS) is 16.2. The van der Waals surface area contributed by atoms with E-state index in [9.17, 15) is 9.18 Å². The van der Waals surface area contributed by atoms with Gasteiger partial charge in [-0.2, -0.15) is 5.10 Å². The number of aromatic nitrogens is 2. The fourth-order valence-corrected chi connectivity index (χ4v) is 2.17. The second-order valence-corrected chi connectivity index (χ2v) is 4.30. The lowest BCUT2D eigenvalue weighted by atomic mass is 10.2. The summed E-state index contributed by atoms with van der Waals surface area (Å²) in [6.07, 6.45) is 0. The number of benzene rings is 1. The summed E-state index contributed by atoms with van der Waals surface area (Å²) in [6, 6.07) is 4.28.